The summed E-state index contributed by atoms with van der Waals surface area (Å²) < 4.78 is 11.0. The maximum Gasteiger partial charge on any atom is 0.310 e. The summed E-state index contributed by atoms with van der Waals surface area (Å²) in [6.07, 6.45) is 1.86. The lowest BCUT2D eigenvalue weighted by Crippen LogP contribution is -2.07. The molecule has 0 spiro atoms. The molecule has 0 N–H and O–H groups in total. The van der Waals surface area contributed by atoms with Crippen molar-refractivity contribution in [3.05, 3.63) is 83.6 Å². The third-order valence-corrected chi connectivity index (χ3v) is 4.40. The molecule has 0 aliphatic carbocycles. The van der Waals surface area contributed by atoms with Gasteiger partial charge in [0.25, 0.3) is 0 Å². The number of benzene rings is 3. The van der Waals surface area contributed by atoms with E-state index in [4.69, 9.17) is 9.15 Å². The first-order chi connectivity index (χ1) is 12.2. The molecule has 3 nitrogen and oxygen atoms in total. The third kappa shape index (κ3) is 3.13. The molecule has 25 heavy (non-hydrogen) atoms. The van der Waals surface area contributed by atoms with Gasteiger partial charge < -0.3 is 9.15 Å². The molecule has 1 heterocycles. The number of fused-ring (bicyclic) bond motifs is 3. The number of ether oxygens (including phenoxy) is 1. The molecule has 0 saturated heterocycles. The van der Waals surface area contributed by atoms with Gasteiger partial charge in [0.2, 0.25) is 0 Å². The van der Waals surface area contributed by atoms with Gasteiger partial charge in [-0.3, -0.25) is 4.79 Å². The van der Waals surface area contributed by atoms with Crippen LogP contribution in [0.4, 0.5) is 0 Å². The van der Waals surface area contributed by atoms with E-state index >= 15 is 0 Å². The van der Waals surface area contributed by atoms with E-state index in [0.717, 1.165) is 32.9 Å². The van der Waals surface area contributed by atoms with E-state index in [2.05, 4.69) is 6.07 Å². The van der Waals surface area contributed by atoms with Crippen molar-refractivity contribution in [1.29, 1.82) is 0 Å². The van der Waals surface area contributed by atoms with E-state index in [1.54, 1.807) is 6.26 Å². The van der Waals surface area contributed by atoms with Crippen molar-refractivity contribution < 1.29 is 13.9 Å². The second-order valence-corrected chi connectivity index (χ2v) is 6.24. The van der Waals surface area contributed by atoms with Crippen LogP contribution in [0.3, 0.4) is 0 Å². The highest BCUT2D eigenvalue weighted by Crippen LogP contribution is 2.30. The zero-order valence-corrected chi connectivity index (χ0v) is 14.0. The molecule has 0 fully saturated rings. The second kappa shape index (κ2) is 6.44. The van der Waals surface area contributed by atoms with Crippen molar-refractivity contribution in [3.63, 3.8) is 0 Å². The van der Waals surface area contributed by atoms with Gasteiger partial charge in [-0.15, -0.1) is 0 Å². The molecule has 0 saturated carbocycles. The van der Waals surface area contributed by atoms with E-state index in [1.165, 1.54) is 5.56 Å². The number of esters is 1. The van der Waals surface area contributed by atoms with Crippen LogP contribution in [-0.2, 0) is 22.6 Å². The Morgan fingerprint density at radius 1 is 1.00 bits per heavy atom. The van der Waals surface area contributed by atoms with Crippen LogP contribution in [0.1, 0.15) is 16.7 Å². The molecular formula is C22H18O3. The van der Waals surface area contributed by atoms with Gasteiger partial charge in [0, 0.05) is 10.9 Å². The van der Waals surface area contributed by atoms with Crippen LogP contribution in [0.2, 0.25) is 0 Å². The predicted octanol–water partition coefficient (Wildman–Crippen LogP) is 5.18. The molecule has 0 amide bonds. The van der Waals surface area contributed by atoms with E-state index in [9.17, 15) is 4.79 Å². The van der Waals surface area contributed by atoms with Crippen LogP contribution in [0.5, 0.6) is 0 Å². The number of aryl methyl sites for hydroxylation is 1. The summed E-state index contributed by atoms with van der Waals surface area (Å²) in [6.45, 7) is 2.32. The first-order valence-corrected chi connectivity index (χ1v) is 8.30. The second-order valence-electron chi connectivity index (χ2n) is 6.24. The molecule has 4 aromatic rings. The highest BCUT2D eigenvalue weighted by Gasteiger charge is 2.14. The number of carbonyl (C=O) groups is 1. The van der Waals surface area contributed by atoms with E-state index < -0.39 is 0 Å². The van der Waals surface area contributed by atoms with Crippen LogP contribution in [-0.4, -0.2) is 5.97 Å². The molecule has 124 valence electrons. The predicted molar refractivity (Wildman–Crippen MR) is 98.4 cm³/mol. The Kier molecular flexibility index (Phi) is 3.98. The fourth-order valence-corrected chi connectivity index (χ4v) is 3.06. The molecule has 0 aliphatic rings. The number of hydrogen-bond acceptors (Lipinski definition) is 3. The number of hydrogen-bond donors (Lipinski definition) is 0. The summed E-state index contributed by atoms with van der Waals surface area (Å²) in [5.41, 5.74) is 3.83. The van der Waals surface area contributed by atoms with Gasteiger partial charge in [-0.2, -0.15) is 0 Å². The zero-order valence-electron chi connectivity index (χ0n) is 14.0. The maximum absolute atomic E-state index is 12.3. The number of carbonyl (C=O) groups excluding carboxylic acids is 1. The quantitative estimate of drug-likeness (QED) is 0.484. The Labute approximate surface area is 145 Å². The van der Waals surface area contributed by atoms with Crippen molar-refractivity contribution in [1.82, 2.24) is 0 Å². The summed E-state index contributed by atoms with van der Waals surface area (Å²) in [5.74, 6) is -0.254. The monoisotopic (exact) mass is 330 g/mol. The summed E-state index contributed by atoms with van der Waals surface area (Å²) in [6, 6.07) is 20.1. The van der Waals surface area contributed by atoms with Crippen LogP contribution in [0, 0.1) is 6.92 Å². The lowest BCUT2D eigenvalue weighted by molar-refractivity contribution is -0.144. The number of furan rings is 1. The Balaban J connectivity index is 1.55. The first-order valence-electron chi connectivity index (χ1n) is 8.30. The van der Waals surface area contributed by atoms with Crippen LogP contribution in [0.15, 0.2) is 71.3 Å². The van der Waals surface area contributed by atoms with Gasteiger partial charge in [0.05, 0.1) is 12.7 Å². The van der Waals surface area contributed by atoms with Gasteiger partial charge in [0.1, 0.15) is 12.2 Å². The molecule has 3 heteroatoms. The fourth-order valence-electron chi connectivity index (χ4n) is 3.06. The topological polar surface area (TPSA) is 39.4 Å². The largest absolute Gasteiger partial charge is 0.464 e. The molecule has 0 bridgehead atoms. The van der Waals surface area contributed by atoms with E-state index in [-0.39, 0.29) is 19.0 Å². The van der Waals surface area contributed by atoms with Crippen molar-refractivity contribution in [2.75, 3.05) is 0 Å². The Bertz CT molecular complexity index is 1040. The SMILES string of the molecule is Cc1ccc(COC(=O)Cc2coc3ccc4ccccc4c23)cc1. The van der Waals surface area contributed by atoms with Gasteiger partial charge >= 0.3 is 5.97 Å². The standard InChI is InChI=1S/C22H18O3/c1-15-6-8-16(9-7-15)13-25-21(23)12-18-14-24-20-11-10-17-4-2-3-5-19(17)22(18)20/h2-11,14H,12-13H2,1H3. The highest BCUT2D eigenvalue weighted by atomic mass is 16.5. The minimum atomic E-state index is -0.254. The molecular weight excluding hydrogens is 312 g/mol. The van der Waals surface area contributed by atoms with Gasteiger partial charge in [-0.1, -0.05) is 60.2 Å². The van der Waals surface area contributed by atoms with Crippen molar-refractivity contribution in [2.24, 2.45) is 0 Å². The van der Waals surface area contributed by atoms with E-state index in [0.29, 0.717) is 0 Å². The first kappa shape index (κ1) is 15.5. The van der Waals surface area contributed by atoms with Crippen molar-refractivity contribution >= 4 is 27.7 Å². The minimum Gasteiger partial charge on any atom is -0.464 e. The Morgan fingerprint density at radius 3 is 2.64 bits per heavy atom. The lowest BCUT2D eigenvalue weighted by Gasteiger charge is -2.05. The Morgan fingerprint density at radius 2 is 1.80 bits per heavy atom. The summed E-state index contributed by atoms with van der Waals surface area (Å²) >= 11 is 0. The molecule has 0 radical (unpaired) electrons. The smallest absolute Gasteiger partial charge is 0.310 e. The van der Waals surface area contributed by atoms with E-state index in [1.807, 2.05) is 61.5 Å². The minimum absolute atomic E-state index is 0.201. The maximum atomic E-state index is 12.3. The molecule has 0 aliphatic heterocycles. The average Bonchev–Trinajstić information content (AvgIpc) is 3.04. The fraction of sp³-hybridized carbons (Fsp3) is 0.136. The molecule has 4 rings (SSSR count). The molecule has 3 aromatic carbocycles. The molecule has 1 aromatic heterocycles. The zero-order chi connectivity index (χ0) is 17.2. The third-order valence-electron chi connectivity index (χ3n) is 4.40. The highest BCUT2D eigenvalue weighted by molar-refractivity contribution is 6.08. The lowest BCUT2D eigenvalue weighted by atomic mass is 10.0. The van der Waals surface area contributed by atoms with Gasteiger partial charge in [-0.25, -0.2) is 0 Å². The van der Waals surface area contributed by atoms with Crippen LogP contribution < -0.4 is 0 Å². The van der Waals surface area contributed by atoms with Gasteiger partial charge in [-0.05, 0) is 29.3 Å². The van der Waals surface area contributed by atoms with Crippen molar-refractivity contribution in [2.45, 2.75) is 20.0 Å². The van der Waals surface area contributed by atoms with Crippen molar-refractivity contribution in [3.8, 4) is 0 Å². The normalized spacial score (nSPS) is 11.1. The summed E-state index contributed by atoms with van der Waals surface area (Å²) in [5, 5.41) is 3.21. The van der Waals surface area contributed by atoms with Crippen LogP contribution >= 0.6 is 0 Å². The summed E-state index contributed by atoms with van der Waals surface area (Å²) in [4.78, 5) is 12.3. The molecule has 0 atom stereocenters. The molecule has 0 unspecified atom stereocenters. The average molecular weight is 330 g/mol. The Hall–Kier alpha value is -3.07. The van der Waals surface area contributed by atoms with Gasteiger partial charge in [0.15, 0.2) is 0 Å². The van der Waals surface area contributed by atoms with Crippen LogP contribution in [0.25, 0.3) is 21.7 Å². The number of rotatable bonds is 4. The summed E-state index contributed by atoms with van der Waals surface area (Å²) in [7, 11) is 0.